The topological polar surface area (TPSA) is 42.7 Å². The lowest BCUT2D eigenvalue weighted by Gasteiger charge is -2.06. The highest BCUT2D eigenvalue weighted by atomic mass is 15.3. The van der Waals surface area contributed by atoms with Crippen molar-refractivity contribution in [1.29, 1.82) is 0 Å². The number of pyridine rings is 1. The highest BCUT2D eigenvalue weighted by Gasteiger charge is 1.99. The number of hydrogen-bond acceptors (Lipinski definition) is 3. The molecule has 0 atom stereocenters. The van der Waals surface area contributed by atoms with Crippen molar-refractivity contribution in [2.24, 2.45) is 0 Å². The molecule has 4 nitrogen and oxygen atoms in total. The van der Waals surface area contributed by atoms with E-state index in [1.807, 2.05) is 29.8 Å². The molecule has 2 aromatic rings. The van der Waals surface area contributed by atoms with Crippen molar-refractivity contribution in [2.75, 3.05) is 0 Å². The van der Waals surface area contributed by atoms with Crippen LogP contribution in [-0.4, -0.2) is 14.8 Å². The van der Waals surface area contributed by atoms with Crippen molar-refractivity contribution in [3.63, 3.8) is 0 Å². The Bertz CT molecular complexity index is 447. The van der Waals surface area contributed by atoms with Crippen LogP contribution >= 0.6 is 0 Å². The summed E-state index contributed by atoms with van der Waals surface area (Å²) in [5.41, 5.74) is 3.27. The van der Waals surface area contributed by atoms with Crippen LogP contribution in [0, 0.1) is 13.8 Å². The average molecular weight is 216 g/mol. The van der Waals surface area contributed by atoms with E-state index < -0.39 is 0 Å². The third kappa shape index (κ3) is 2.67. The van der Waals surface area contributed by atoms with Gasteiger partial charge in [-0.2, -0.15) is 5.10 Å². The van der Waals surface area contributed by atoms with E-state index >= 15 is 0 Å². The Morgan fingerprint density at radius 1 is 1.31 bits per heavy atom. The van der Waals surface area contributed by atoms with Gasteiger partial charge in [0.15, 0.2) is 0 Å². The fourth-order valence-corrected chi connectivity index (χ4v) is 1.63. The summed E-state index contributed by atoms with van der Waals surface area (Å²) in [6, 6.07) is 7.99. The largest absolute Gasteiger partial charge is 0.293 e. The molecule has 0 fully saturated rings. The van der Waals surface area contributed by atoms with Crippen LogP contribution in [0.15, 0.2) is 30.5 Å². The molecule has 0 radical (unpaired) electrons. The summed E-state index contributed by atoms with van der Waals surface area (Å²) in [5.74, 6) is 0. The van der Waals surface area contributed by atoms with Crippen LogP contribution in [0.2, 0.25) is 0 Å². The molecule has 16 heavy (non-hydrogen) atoms. The molecule has 0 aliphatic carbocycles. The van der Waals surface area contributed by atoms with E-state index in [1.165, 1.54) is 5.69 Å². The van der Waals surface area contributed by atoms with Gasteiger partial charge < -0.3 is 0 Å². The van der Waals surface area contributed by atoms with E-state index in [1.54, 1.807) is 6.20 Å². The van der Waals surface area contributed by atoms with Crippen molar-refractivity contribution < 1.29 is 0 Å². The van der Waals surface area contributed by atoms with Crippen LogP contribution in [-0.2, 0) is 13.2 Å². The van der Waals surface area contributed by atoms with Gasteiger partial charge in [0.2, 0.25) is 0 Å². The first-order valence-corrected chi connectivity index (χ1v) is 5.37. The molecule has 1 N–H and O–H groups in total. The van der Waals surface area contributed by atoms with Crippen LogP contribution in [0.4, 0.5) is 0 Å². The molecule has 84 valence electrons. The molecule has 0 aliphatic rings. The van der Waals surface area contributed by atoms with Gasteiger partial charge in [-0.1, -0.05) is 6.07 Å². The van der Waals surface area contributed by atoms with Gasteiger partial charge in [-0.3, -0.25) is 15.0 Å². The lowest BCUT2D eigenvalue weighted by molar-refractivity contribution is 0.496. The van der Waals surface area contributed by atoms with E-state index in [-0.39, 0.29) is 0 Å². The average Bonchev–Trinajstić information content (AvgIpc) is 2.59. The van der Waals surface area contributed by atoms with Gasteiger partial charge in [-0.15, -0.1) is 0 Å². The fraction of sp³-hybridized carbons (Fsp3) is 0.333. The van der Waals surface area contributed by atoms with Gasteiger partial charge in [0.05, 0.1) is 18.1 Å². The Balaban J connectivity index is 1.87. The highest BCUT2D eigenvalue weighted by Crippen LogP contribution is 2.00. The molecule has 0 spiro atoms. The Labute approximate surface area is 95.3 Å². The molecule has 0 bridgehead atoms. The first kappa shape index (κ1) is 10.8. The second-order valence-corrected chi connectivity index (χ2v) is 3.83. The summed E-state index contributed by atoms with van der Waals surface area (Å²) < 4.78 is 1.96. The van der Waals surface area contributed by atoms with E-state index in [0.717, 1.165) is 24.6 Å². The van der Waals surface area contributed by atoms with E-state index in [9.17, 15) is 0 Å². The summed E-state index contributed by atoms with van der Waals surface area (Å²) >= 11 is 0. The van der Waals surface area contributed by atoms with Crippen molar-refractivity contribution in [3.05, 3.63) is 47.5 Å². The zero-order valence-electron chi connectivity index (χ0n) is 9.64. The van der Waals surface area contributed by atoms with Gasteiger partial charge >= 0.3 is 0 Å². The molecule has 2 heterocycles. The maximum atomic E-state index is 4.38. The zero-order valence-corrected chi connectivity index (χ0v) is 9.64. The molecule has 2 rings (SSSR count). The molecule has 0 amide bonds. The lowest BCUT2D eigenvalue weighted by atomic mass is 10.3. The van der Waals surface area contributed by atoms with E-state index in [2.05, 4.69) is 28.4 Å². The van der Waals surface area contributed by atoms with Crippen LogP contribution in [0.5, 0.6) is 0 Å². The minimum Gasteiger partial charge on any atom is -0.293 e. The Morgan fingerprint density at radius 3 is 2.81 bits per heavy atom. The summed E-state index contributed by atoms with van der Waals surface area (Å²) in [6.07, 6.45) is 1.81. The molecule has 0 unspecified atom stereocenters. The van der Waals surface area contributed by atoms with E-state index in [4.69, 9.17) is 0 Å². The molecule has 4 heteroatoms. The second-order valence-electron chi connectivity index (χ2n) is 3.83. The first-order valence-electron chi connectivity index (χ1n) is 5.37. The molecular weight excluding hydrogens is 200 g/mol. The van der Waals surface area contributed by atoms with E-state index in [0.29, 0.717) is 0 Å². The molecule has 0 aromatic carbocycles. The Morgan fingerprint density at radius 2 is 2.19 bits per heavy atom. The van der Waals surface area contributed by atoms with Crippen LogP contribution < -0.4 is 5.32 Å². The minimum absolute atomic E-state index is 0.718. The van der Waals surface area contributed by atoms with Crippen LogP contribution in [0.3, 0.4) is 0 Å². The summed E-state index contributed by atoms with van der Waals surface area (Å²) in [5, 5.41) is 7.69. The molecular formula is C12H16N4. The smallest absolute Gasteiger partial charge is 0.0910 e. The minimum atomic E-state index is 0.718. The standard InChI is InChI=1S/C12H16N4/c1-10-7-11(2)16(15-10)9-13-8-12-5-3-4-6-14-12/h3-7,13H,8-9H2,1-2H3. The van der Waals surface area contributed by atoms with Crippen molar-refractivity contribution in [1.82, 2.24) is 20.1 Å². The SMILES string of the molecule is Cc1cc(C)n(CNCc2ccccn2)n1. The third-order valence-corrected chi connectivity index (χ3v) is 2.40. The van der Waals surface area contributed by atoms with Crippen LogP contribution in [0.1, 0.15) is 17.1 Å². The summed E-state index contributed by atoms with van der Waals surface area (Å²) in [4.78, 5) is 4.25. The number of aromatic nitrogens is 3. The van der Waals surface area contributed by atoms with Gasteiger partial charge in [-0.25, -0.2) is 0 Å². The van der Waals surface area contributed by atoms with Crippen molar-refractivity contribution in [2.45, 2.75) is 27.1 Å². The normalized spacial score (nSPS) is 10.6. The van der Waals surface area contributed by atoms with Crippen molar-refractivity contribution >= 4 is 0 Å². The quantitative estimate of drug-likeness (QED) is 0.845. The van der Waals surface area contributed by atoms with Gasteiger partial charge in [0, 0.05) is 18.4 Å². The van der Waals surface area contributed by atoms with Gasteiger partial charge in [0.1, 0.15) is 0 Å². The highest BCUT2D eigenvalue weighted by molar-refractivity contribution is 5.06. The van der Waals surface area contributed by atoms with Crippen LogP contribution in [0.25, 0.3) is 0 Å². The summed E-state index contributed by atoms with van der Waals surface area (Å²) in [7, 11) is 0. The fourth-order valence-electron chi connectivity index (χ4n) is 1.63. The number of hydrogen-bond donors (Lipinski definition) is 1. The predicted molar refractivity (Wildman–Crippen MR) is 62.8 cm³/mol. The molecule has 2 aromatic heterocycles. The summed E-state index contributed by atoms with van der Waals surface area (Å²) in [6.45, 7) is 5.54. The maximum absolute atomic E-state index is 4.38. The van der Waals surface area contributed by atoms with Crippen molar-refractivity contribution in [3.8, 4) is 0 Å². The lowest BCUT2D eigenvalue weighted by Crippen LogP contribution is -2.20. The zero-order chi connectivity index (χ0) is 11.4. The molecule has 0 saturated heterocycles. The Hall–Kier alpha value is -1.68. The van der Waals surface area contributed by atoms with Gasteiger partial charge in [0.25, 0.3) is 0 Å². The van der Waals surface area contributed by atoms with Gasteiger partial charge in [-0.05, 0) is 32.0 Å². The molecule has 0 aliphatic heterocycles. The number of nitrogens with one attached hydrogen (secondary N) is 1. The number of aryl methyl sites for hydroxylation is 2. The third-order valence-electron chi connectivity index (χ3n) is 2.40. The predicted octanol–water partition coefficient (Wildman–Crippen LogP) is 1.64. The second kappa shape index (κ2) is 4.90. The monoisotopic (exact) mass is 216 g/mol. The first-order chi connectivity index (χ1) is 7.75. The maximum Gasteiger partial charge on any atom is 0.0910 e. The number of nitrogens with zero attached hydrogens (tertiary/aromatic N) is 3. The molecule has 0 saturated carbocycles. The number of rotatable bonds is 4. The Kier molecular flexibility index (Phi) is 3.31.